The van der Waals surface area contributed by atoms with Crippen LogP contribution >= 0.6 is 8.03 Å². The Labute approximate surface area is 125 Å². The zero-order chi connectivity index (χ0) is 15.2. The van der Waals surface area contributed by atoms with E-state index in [4.69, 9.17) is 4.52 Å². The minimum absolute atomic E-state index is 0.000468. The van der Waals surface area contributed by atoms with Gasteiger partial charge in [0.2, 0.25) is 5.30 Å². The fraction of sp³-hybridized carbons (Fsp3) is 0.235. The SMILES string of the molecule is Cc1cccc(C)c1[P+](=O)OCCC(=O)c1ccccc1. The summed E-state index contributed by atoms with van der Waals surface area (Å²) in [6, 6.07) is 14.8. The molecule has 0 aliphatic carbocycles. The predicted molar refractivity (Wildman–Crippen MR) is 84.5 cm³/mol. The van der Waals surface area contributed by atoms with Gasteiger partial charge in [0.05, 0.1) is 0 Å². The van der Waals surface area contributed by atoms with Gasteiger partial charge in [-0.2, -0.15) is 0 Å². The molecule has 2 aromatic rings. The lowest BCUT2D eigenvalue weighted by atomic mass is 10.1. The normalized spacial score (nSPS) is 11.2. The molecule has 21 heavy (non-hydrogen) atoms. The van der Waals surface area contributed by atoms with Crippen molar-refractivity contribution in [2.24, 2.45) is 0 Å². The molecule has 108 valence electrons. The van der Waals surface area contributed by atoms with E-state index in [0.29, 0.717) is 5.56 Å². The smallest absolute Gasteiger partial charge is 0.294 e. The molecule has 1 unspecified atom stereocenters. The number of carbonyl (C=O) groups is 1. The van der Waals surface area contributed by atoms with Gasteiger partial charge < -0.3 is 0 Å². The van der Waals surface area contributed by atoms with Crippen molar-refractivity contribution in [3.63, 3.8) is 0 Å². The van der Waals surface area contributed by atoms with E-state index in [9.17, 15) is 9.36 Å². The molecule has 0 spiro atoms. The van der Waals surface area contributed by atoms with Crippen LogP contribution in [0.3, 0.4) is 0 Å². The Morgan fingerprint density at radius 2 is 1.62 bits per heavy atom. The summed E-state index contributed by atoms with van der Waals surface area (Å²) in [4.78, 5) is 11.9. The van der Waals surface area contributed by atoms with Crippen LogP contribution in [-0.2, 0) is 9.09 Å². The van der Waals surface area contributed by atoms with E-state index in [2.05, 4.69) is 0 Å². The number of carbonyl (C=O) groups excluding carboxylic acids is 1. The maximum absolute atomic E-state index is 12.2. The standard InChI is InChI=1S/C17H18O3P/c1-13-7-6-8-14(2)17(13)21(19)20-12-11-16(18)15-9-4-3-5-10-15/h3-10H,11-12H2,1-2H3/q+1. The Morgan fingerprint density at radius 3 is 2.24 bits per heavy atom. The summed E-state index contributed by atoms with van der Waals surface area (Å²) in [6.45, 7) is 3.98. The lowest BCUT2D eigenvalue weighted by Gasteiger charge is -1.99. The lowest BCUT2D eigenvalue weighted by Crippen LogP contribution is -2.09. The summed E-state index contributed by atoms with van der Waals surface area (Å²) in [5, 5.41) is 0.736. The lowest BCUT2D eigenvalue weighted by molar-refractivity contribution is 0.0965. The number of aryl methyl sites for hydroxylation is 2. The van der Waals surface area contributed by atoms with Crippen molar-refractivity contribution in [1.29, 1.82) is 0 Å². The molecule has 0 N–H and O–H groups in total. The number of benzene rings is 2. The summed E-state index contributed by atoms with van der Waals surface area (Å²) >= 11 is 0. The summed E-state index contributed by atoms with van der Waals surface area (Å²) in [6.07, 6.45) is 0.232. The fourth-order valence-electron chi connectivity index (χ4n) is 2.15. The van der Waals surface area contributed by atoms with Crippen molar-refractivity contribution in [2.75, 3.05) is 6.61 Å². The second-order valence-electron chi connectivity index (χ2n) is 4.87. The summed E-state index contributed by atoms with van der Waals surface area (Å²) in [5.74, 6) is 0.000468. The van der Waals surface area contributed by atoms with E-state index in [1.165, 1.54) is 0 Å². The van der Waals surface area contributed by atoms with Gasteiger partial charge in [0.15, 0.2) is 5.78 Å². The molecule has 0 aliphatic heterocycles. The van der Waals surface area contributed by atoms with Gasteiger partial charge in [0.25, 0.3) is 0 Å². The predicted octanol–water partition coefficient (Wildman–Crippen LogP) is 3.96. The third kappa shape index (κ3) is 4.07. The topological polar surface area (TPSA) is 43.4 Å². The average molecular weight is 301 g/mol. The van der Waals surface area contributed by atoms with E-state index < -0.39 is 8.03 Å². The molecule has 3 nitrogen and oxygen atoms in total. The van der Waals surface area contributed by atoms with Crippen LogP contribution < -0.4 is 5.30 Å². The highest BCUT2D eigenvalue weighted by Gasteiger charge is 2.27. The van der Waals surface area contributed by atoms with Crippen LogP contribution in [0.25, 0.3) is 0 Å². The molecule has 0 amide bonds. The molecule has 0 saturated carbocycles. The van der Waals surface area contributed by atoms with Gasteiger partial charge in [-0.15, -0.1) is 4.52 Å². The summed E-state index contributed by atoms with van der Waals surface area (Å²) < 4.78 is 17.6. The first-order valence-electron chi connectivity index (χ1n) is 6.84. The fourth-order valence-corrected chi connectivity index (χ4v) is 3.26. The van der Waals surface area contributed by atoms with Gasteiger partial charge in [-0.1, -0.05) is 48.5 Å². The van der Waals surface area contributed by atoms with Crippen molar-refractivity contribution in [2.45, 2.75) is 20.3 Å². The molecule has 2 rings (SSSR count). The third-order valence-electron chi connectivity index (χ3n) is 3.26. The van der Waals surface area contributed by atoms with Crippen LogP contribution in [0.4, 0.5) is 0 Å². The molecule has 0 saturated heterocycles. The van der Waals surface area contributed by atoms with Crippen molar-refractivity contribution >= 4 is 19.1 Å². The number of hydrogen-bond acceptors (Lipinski definition) is 3. The highest BCUT2D eigenvalue weighted by Crippen LogP contribution is 2.25. The minimum Gasteiger partial charge on any atom is -0.294 e. The van der Waals surface area contributed by atoms with Crippen molar-refractivity contribution in [1.82, 2.24) is 0 Å². The van der Waals surface area contributed by atoms with Crippen LogP contribution in [0.5, 0.6) is 0 Å². The maximum Gasteiger partial charge on any atom is 0.549 e. The molecule has 0 bridgehead atoms. The summed E-state index contributed by atoms with van der Waals surface area (Å²) in [5.41, 5.74) is 2.55. The Balaban J connectivity index is 1.92. The van der Waals surface area contributed by atoms with Crippen LogP contribution in [-0.4, -0.2) is 12.4 Å². The van der Waals surface area contributed by atoms with E-state index >= 15 is 0 Å². The molecule has 0 fully saturated rings. The first kappa shape index (κ1) is 15.6. The van der Waals surface area contributed by atoms with E-state index in [1.807, 2.05) is 50.2 Å². The molecular weight excluding hydrogens is 283 g/mol. The number of rotatable bonds is 6. The Kier molecular flexibility index (Phi) is 5.38. The maximum atomic E-state index is 12.2. The van der Waals surface area contributed by atoms with E-state index in [-0.39, 0.29) is 18.8 Å². The van der Waals surface area contributed by atoms with Crippen molar-refractivity contribution in [3.8, 4) is 0 Å². The third-order valence-corrected chi connectivity index (χ3v) is 4.74. The number of hydrogen-bond donors (Lipinski definition) is 0. The molecule has 4 heteroatoms. The Bertz CT molecular complexity index is 630. The molecule has 0 aliphatic rings. The first-order valence-corrected chi connectivity index (χ1v) is 8.02. The molecule has 2 aromatic carbocycles. The highest BCUT2D eigenvalue weighted by molar-refractivity contribution is 7.48. The van der Waals surface area contributed by atoms with Crippen LogP contribution in [0.1, 0.15) is 27.9 Å². The quantitative estimate of drug-likeness (QED) is 0.599. The largest absolute Gasteiger partial charge is 0.549 e. The summed E-state index contributed by atoms with van der Waals surface area (Å²) in [7, 11) is -1.92. The van der Waals surface area contributed by atoms with E-state index in [1.54, 1.807) is 12.1 Å². The van der Waals surface area contributed by atoms with Gasteiger partial charge in [0, 0.05) is 23.1 Å². The highest BCUT2D eigenvalue weighted by atomic mass is 31.1. The molecule has 0 aromatic heterocycles. The Morgan fingerprint density at radius 1 is 1.00 bits per heavy atom. The van der Waals surface area contributed by atoms with Gasteiger partial charge in [-0.3, -0.25) is 4.79 Å². The second kappa shape index (κ2) is 7.26. The van der Waals surface area contributed by atoms with Gasteiger partial charge in [0.1, 0.15) is 6.61 Å². The van der Waals surface area contributed by atoms with Crippen molar-refractivity contribution < 1.29 is 13.9 Å². The number of ketones is 1. The molecule has 1 atom stereocenters. The Hall–Kier alpha value is -1.83. The molecular formula is C17H18O3P+. The average Bonchev–Trinajstić information content (AvgIpc) is 2.48. The van der Waals surface area contributed by atoms with Gasteiger partial charge >= 0.3 is 8.03 Å². The molecule has 0 heterocycles. The molecule has 0 radical (unpaired) electrons. The zero-order valence-corrected chi connectivity index (χ0v) is 13.1. The second-order valence-corrected chi connectivity index (χ2v) is 6.09. The van der Waals surface area contributed by atoms with Crippen LogP contribution in [0.2, 0.25) is 0 Å². The van der Waals surface area contributed by atoms with E-state index in [0.717, 1.165) is 16.4 Å². The monoisotopic (exact) mass is 301 g/mol. The van der Waals surface area contributed by atoms with Crippen LogP contribution in [0.15, 0.2) is 48.5 Å². The van der Waals surface area contributed by atoms with Crippen LogP contribution in [0, 0.1) is 13.8 Å². The zero-order valence-electron chi connectivity index (χ0n) is 12.2. The number of Topliss-reactive ketones (excluding diaryl/α,β-unsaturated/α-hetero) is 1. The van der Waals surface area contributed by atoms with Gasteiger partial charge in [-0.05, 0) is 18.4 Å². The van der Waals surface area contributed by atoms with Crippen molar-refractivity contribution in [3.05, 3.63) is 65.2 Å². The van der Waals surface area contributed by atoms with Gasteiger partial charge in [-0.25, -0.2) is 0 Å². The minimum atomic E-state index is -1.92. The first-order chi connectivity index (χ1) is 10.1.